The van der Waals surface area contributed by atoms with Gasteiger partial charge in [-0.05, 0) is 43.2 Å². The number of nitrogens with zero attached hydrogens (tertiary/aromatic N) is 3. The first-order valence-electron chi connectivity index (χ1n) is 8.68. The van der Waals surface area contributed by atoms with Crippen LogP contribution in [-0.4, -0.2) is 24.4 Å². The number of carbonyl (C=O) groups excluding carboxylic acids is 1. The molecule has 0 saturated heterocycles. The lowest BCUT2D eigenvalue weighted by Crippen LogP contribution is -2.24. The van der Waals surface area contributed by atoms with Crippen LogP contribution in [0, 0.1) is 13.8 Å². The minimum atomic E-state index is -2.54. The van der Waals surface area contributed by atoms with Gasteiger partial charge in [-0.15, -0.1) is 0 Å². The van der Waals surface area contributed by atoms with Gasteiger partial charge in [-0.1, -0.05) is 24.3 Å². The van der Waals surface area contributed by atoms with Crippen LogP contribution in [0.2, 0.25) is 0 Å². The van der Waals surface area contributed by atoms with Gasteiger partial charge in [0.1, 0.15) is 0 Å². The molecule has 0 saturated carbocycles. The molecule has 1 aromatic heterocycles. The topological polar surface area (TPSA) is 90.3 Å². The maximum atomic E-state index is 12.6. The number of hydrogen-bond donors (Lipinski definition) is 1. The molecule has 1 unspecified atom stereocenters. The third-order valence-electron chi connectivity index (χ3n) is 4.38. The second-order valence-corrected chi connectivity index (χ2v) is 7.30. The first-order valence-corrected chi connectivity index (χ1v) is 9.71. The van der Waals surface area contributed by atoms with Crippen molar-refractivity contribution >= 4 is 28.5 Å². The third kappa shape index (κ3) is 4.29. The van der Waals surface area contributed by atoms with E-state index in [1.807, 2.05) is 32.2 Å². The molecule has 1 N–H and O–H groups in total. The molecule has 1 atom stereocenters. The van der Waals surface area contributed by atoms with Crippen molar-refractivity contribution in [1.29, 1.82) is 0 Å². The third-order valence-corrected chi connectivity index (χ3v) is 5.08. The highest BCUT2D eigenvalue weighted by molar-refractivity contribution is 7.81. The van der Waals surface area contributed by atoms with Gasteiger partial charge in [0.15, 0.2) is 0 Å². The van der Waals surface area contributed by atoms with E-state index in [4.69, 9.17) is 0 Å². The van der Waals surface area contributed by atoms with Gasteiger partial charge < -0.3 is 9.87 Å². The average Bonchev–Trinajstić information content (AvgIpc) is 3.08. The Labute approximate surface area is 166 Å². The summed E-state index contributed by atoms with van der Waals surface area (Å²) in [5, 5.41) is 6.90. The van der Waals surface area contributed by atoms with Gasteiger partial charge in [-0.3, -0.25) is 18.0 Å². The molecule has 1 amide bonds. The van der Waals surface area contributed by atoms with Gasteiger partial charge in [0.25, 0.3) is 5.91 Å². The second kappa shape index (κ2) is 8.37. The number of aryl methyl sites for hydroxylation is 3. The van der Waals surface area contributed by atoms with Crippen LogP contribution < -0.4 is 9.62 Å². The summed E-state index contributed by atoms with van der Waals surface area (Å²) in [6.07, 6.45) is 3.50. The van der Waals surface area contributed by atoms with Crippen LogP contribution in [0.3, 0.4) is 0 Å². The Morgan fingerprint density at radius 2 is 1.89 bits per heavy atom. The smallest absolute Gasteiger partial charge is 0.251 e. The Morgan fingerprint density at radius 1 is 1.18 bits per heavy atom. The molecule has 1 heterocycles. The van der Waals surface area contributed by atoms with Crippen LogP contribution in [0.4, 0.5) is 11.4 Å². The number of aromatic nitrogens is 2. The summed E-state index contributed by atoms with van der Waals surface area (Å²) in [6, 6.07) is 12.2. The van der Waals surface area contributed by atoms with Crippen LogP contribution in [0.1, 0.15) is 27.0 Å². The minimum absolute atomic E-state index is 0.286. The van der Waals surface area contributed by atoms with Crippen molar-refractivity contribution in [2.75, 3.05) is 4.31 Å². The Bertz CT molecular complexity index is 1030. The first-order chi connectivity index (χ1) is 13.4. The maximum absolute atomic E-state index is 12.6. The SMILES string of the molecule is Cc1ccccc1N(c1cc(C(=O)NCc2cnn(C)c2)ccc1C)S(=O)[O-]. The van der Waals surface area contributed by atoms with Crippen molar-refractivity contribution in [2.24, 2.45) is 7.05 Å². The summed E-state index contributed by atoms with van der Waals surface area (Å²) < 4.78 is 26.9. The highest BCUT2D eigenvalue weighted by Crippen LogP contribution is 2.32. The number of rotatable bonds is 6. The standard InChI is InChI=1S/C20H22N4O3S/c1-14-6-4-5-7-18(14)24(28(26)27)19-10-17(9-8-15(19)2)20(25)21-11-16-12-22-23(3)13-16/h4-10,12-13H,11H2,1-3H3,(H,21,25)(H,26,27)/p-1. The number of carbonyl (C=O) groups is 1. The van der Waals surface area contributed by atoms with Gasteiger partial charge in [-0.2, -0.15) is 5.10 Å². The Balaban J connectivity index is 1.90. The summed E-state index contributed by atoms with van der Waals surface area (Å²) >= 11 is -2.54. The molecule has 0 aliphatic carbocycles. The zero-order chi connectivity index (χ0) is 20.3. The molecule has 0 aliphatic rings. The molecule has 7 nitrogen and oxygen atoms in total. The molecule has 2 aromatic carbocycles. The summed E-state index contributed by atoms with van der Waals surface area (Å²) in [4.78, 5) is 12.6. The molecular weight excluding hydrogens is 376 g/mol. The van der Waals surface area contributed by atoms with E-state index in [0.29, 0.717) is 23.5 Å². The zero-order valence-corrected chi connectivity index (χ0v) is 16.7. The van der Waals surface area contributed by atoms with E-state index in [-0.39, 0.29) is 5.91 Å². The lowest BCUT2D eigenvalue weighted by atomic mass is 10.1. The van der Waals surface area contributed by atoms with Gasteiger partial charge in [0, 0.05) is 30.9 Å². The normalized spacial score (nSPS) is 11.9. The fourth-order valence-corrected chi connectivity index (χ4v) is 3.62. The molecule has 3 rings (SSSR count). The number of benzene rings is 2. The molecule has 0 bridgehead atoms. The quantitative estimate of drug-likeness (QED) is 0.648. The lowest BCUT2D eigenvalue weighted by Gasteiger charge is -2.29. The Morgan fingerprint density at radius 3 is 2.54 bits per heavy atom. The van der Waals surface area contributed by atoms with Gasteiger partial charge in [-0.25, -0.2) is 0 Å². The summed E-state index contributed by atoms with van der Waals surface area (Å²) in [7, 11) is 1.81. The molecule has 0 spiro atoms. The predicted molar refractivity (Wildman–Crippen MR) is 108 cm³/mol. The highest BCUT2D eigenvalue weighted by Gasteiger charge is 2.17. The van der Waals surface area contributed by atoms with Crippen molar-refractivity contribution in [2.45, 2.75) is 20.4 Å². The zero-order valence-electron chi connectivity index (χ0n) is 15.9. The molecule has 28 heavy (non-hydrogen) atoms. The number of nitrogens with one attached hydrogen (secondary N) is 1. The summed E-state index contributed by atoms with van der Waals surface area (Å²) in [5.74, 6) is -0.286. The maximum Gasteiger partial charge on any atom is 0.251 e. The molecule has 8 heteroatoms. The Kier molecular flexibility index (Phi) is 5.91. The number of hydrogen-bond acceptors (Lipinski definition) is 4. The van der Waals surface area contributed by atoms with Crippen LogP contribution in [0.15, 0.2) is 54.9 Å². The monoisotopic (exact) mass is 397 g/mol. The van der Waals surface area contributed by atoms with E-state index >= 15 is 0 Å². The number of amides is 1. The van der Waals surface area contributed by atoms with E-state index in [0.717, 1.165) is 16.7 Å². The first kappa shape index (κ1) is 19.8. The largest absolute Gasteiger partial charge is 0.755 e. The van der Waals surface area contributed by atoms with E-state index in [1.165, 1.54) is 4.31 Å². The molecule has 0 aliphatic heterocycles. The van der Waals surface area contributed by atoms with Crippen molar-refractivity contribution in [3.05, 3.63) is 77.1 Å². The molecular formula is C20H21N4O3S-. The summed E-state index contributed by atoms with van der Waals surface area (Å²) in [5.41, 5.74) is 3.82. The molecule has 0 fully saturated rings. The predicted octanol–water partition coefficient (Wildman–Crippen LogP) is 2.90. The van der Waals surface area contributed by atoms with E-state index in [1.54, 1.807) is 48.3 Å². The second-order valence-electron chi connectivity index (χ2n) is 6.50. The van der Waals surface area contributed by atoms with Crippen molar-refractivity contribution in [3.8, 4) is 0 Å². The minimum Gasteiger partial charge on any atom is -0.755 e. The van der Waals surface area contributed by atoms with E-state index in [9.17, 15) is 13.6 Å². The van der Waals surface area contributed by atoms with Gasteiger partial charge in [0.05, 0.1) is 28.8 Å². The van der Waals surface area contributed by atoms with E-state index in [2.05, 4.69) is 10.4 Å². The van der Waals surface area contributed by atoms with E-state index < -0.39 is 11.3 Å². The molecule has 3 aromatic rings. The number of para-hydroxylation sites is 1. The average molecular weight is 397 g/mol. The fourth-order valence-electron chi connectivity index (χ4n) is 2.90. The lowest BCUT2D eigenvalue weighted by molar-refractivity contribution is 0.0951. The van der Waals surface area contributed by atoms with Crippen LogP contribution >= 0.6 is 0 Å². The van der Waals surface area contributed by atoms with Crippen LogP contribution in [0.5, 0.6) is 0 Å². The van der Waals surface area contributed by atoms with Gasteiger partial charge >= 0.3 is 0 Å². The summed E-state index contributed by atoms with van der Waals surface area (Å²) in [6.45, 7) is 3.99. The van der Waals surface area contributed by atoms with Crippen molar-refractivity contribution < 1.29 is 13.6 Å². The Hall–Kier alpha value is -2.97. The molecule has 146 valence electrons. The van der Waals surface area contributed by atoms with Crippen molar-refractivity contribution in [3.63, 3.8) is 0 Å². The molecule has 0 radical (unpaired) electrons. The van der Waals surface area contributed by atoms with Crippen molar-refractivity contribution in [1.82, 2.24) is 15.1 Å². The van der Waals surface area contributed by atoms with Crippen LogP contribution in [-0.2, 0) is 24.9 Å². The fraction of sp³-hybridized carbons (Fsp3) is 0.200. The van der Waals surface area contributed by atoms with Gasteiger partial charge in [0.2, 0.25) is 0 Å². The highest BCUT2D eigenvalue weighted by atomic mass is 32.2. The van der Waals surface area contributed by atoms with Crippen LogP contribution in [0.25, 0.3) is 0 Å². The number of anilines is 2.